The van der Waals surface area contributed by atoms with Crippen LogP contribution in [0.2, 0.25) is 0 Å². The second-order valence-corrected chi connectivity index (χ2v) is 6.54. The Hall–Kier alpha value is -2.00. The summed E-state index contributed by atoms with van der Waals surface area (Å²) in [6, 6.07) is 14.6. The van der Waals surface area contributed by atoms with Crippen LogP contribution in [-0.4, -0.2) is 24.1 Å². The van der Waals surface area contributed by atoms with E-state index in [0.717, 1.165) is 49.5 Å². The summed E-state index contributed by atoms with van der Waals surface area (Å²) in [6.45, 7) is 7.43. The summed E-state index contributed by atoms with van der Waals surface area (Å²) in [5.74, 6) is 0.939. The van der Waals surface area contributed by atoms with E-state index in [1.54, 1.807) is 0 Å². The molecule has 0 unspecified atom stereocenters. The highest BCUT2D eigenvalue weighted by Crippen LogP contribution is 2.23. The second-order valence-electron chi connectivity index (χ2n) is 6.54. The molecule has 2 aromatic rings. The van der Waals surface area contributed by atoms with Crippen molar-refractivity contribution < 1.29 is 4.74 Å². The highest BCUT2D eigenvalue weighted by molar-refractivity contribution is 5.49. The Balaban J connectivity index is 1.52. The quantitative estimate of drug-likeness (QED) is 0.870. The van der Waals surface area contributed by atoms with E-state index in [4.69, 9.17) is 10.5 Å². The van der Waals surface area contributed by atoms with Crippen LogP contribution in [0.15, 0.2) is 42.5 Å². The number of nitrogens with zero attached hydrogens (tertiary/aromatic N) is 1. The third-order valence-corrected chi connectivity index (χ3v) is 4.73. The van der Waals surface area contributed by atoms with Crippen LogP contribution in [0.5, 0.6) is 5.75 Å². The lowest BCUT2D eigenvalue weighted by atomic mass is 10.0. The molecule has 0 aromatic heterocycles. The van der Waals surface area contributed by atoms with E-state index in [2.05, 4.69) is 36.1 Å². The minimum atomic E-state index is 0.311. The Bertz CT molecular complexity index is 660. The van der Waals surface area contributed by atoms with Gasteiger partial charge in [-0.1, -0.05) is 24.3 Å². The lowest BCUT2D eigenvalue weighted by Gasteiger charge is -2.32. The molecule has 122 valence electrons. The zero-order chi connectivity index (χ0) is 16.2. The maximum absolute atomic E-state index is 6.13. The minimum Gasteiger partial charge on any atom is -0.490 e. The van der Waals surface area contributed by atoms with Crippen LogP contribution in [0.25, 0.3) is 0 Å². The van der Waals surface area contributed by atoms with Gasteiger partial charge in [-0.05, 0) is 61.6 Å². The van der Waals surface area contributed by atoms with Crippen molar-refractivity contribution in [3.8, 4) is 5.75 Å². The van der Waals surface area contributed by atoms with Gasteiger partial charge in [-0.3, -0.25) is 4.90 Å². The van der Waals surface area contributed by atoms with E-state index in [0.29, 0.717) is 6.10 Å². The van der Waals surface area contributed by atoms with Gasteiger partial charge >= 0.3 is 0 Å². The number of hydrogen-bond donors (Lipinski definition) is 1. The number of nitrogens with two attached hydrogens (primary N) is 1. The van der Waals surface area contributed by atoms with E-state index < -0.39 is 0 Å². The first-order valence-corrected chi connectivity index (χ1v) is 8.41. The lowest BCUT2D eigenvalue weighted by molar-refractivity contribution is 0.0967. The number of aryl methyl sites for hydroxylation is 2. The average Bonchev–Trinajstić information content (AvgIpc) is 2.55. The van der Waals surface area contributed by atoms with E-state index in [1.165, 1.54) is 11.1 Å². The highest BCUT2D eigenvalue weighted by Gasteiger charge is 2.21. The van der Waals surface area contributed by atoms with Gasteiger partial charge in [-0.2, -0.15) is 0 Å². The molecular weight excluding hydrogens is 284 g/mol. The van der Waals surface area contributed by atoms with Crippen molar-refractivity contribution in [2.75, 3.05) is 18.8 Å². The van der Waals surface area contributed by atoms with Crippen LogP contribution in [0.4, 0.5) is 5.69 Å². The molecule has 0 aliphatic carbocycles. The van der Waals surface area contributed by atoms with Gasteiger partial charge in [0, 0.05) is 25.3 Å². The fraction of sp³-hybridized carbons (Fsp3) is 0.400. The van der Waals surface area contributed by atoms with Crippen molar-refractivity contribution in [2.45, 2.75) is 39.3 Å². The number of hydrogen-bond acceptors (Lipinski definition) is 3. The molecule has 1 fully saturated rings. The van der Waals surface area contributed by atoms with Crippen LogP contribution >= 0.6 is 0 Å². The Labute approximate surface area is 139 Å². The molecule has 3 rings (SSSR count). The molecule has 3 heteroatoms. The lowest BCUT2D eigenvalue weighted by Crippen LogP contribution is -2.37. The zero-order valence-electron chi connectivity index (χ0n) is 14.1. The topological polar surface area (TPSA) is 38.5 Å². The number of anilines is 1. The molecule has 0 radical (unpaired) electrons. The standard InChI is InChI=1S/C20H26N2O/c1-15-5-3-4-6-17(15)14-22-11-9-18(10-12-22)23-19-7-8-20(21)16(2)13-19/h3-8,13,18H,9-12,14,21H2,1-2H3. The van der Waals surface area contributed by atoms with Crippen LogP contribution < -0.4 is 10.5 Å². The Morgan fingerprint density at radius 2 is 1.78 bits per heavy atom. The van der Waals surface area contributed by atoms with Crippen LogP contribution in [0, 0.1) is 13.8 Å². The molecule has 1 aliphatic rings. The van der Waals surface area contributed by atoms with Crippen molar-refractivity contribution in [3.05, 3.63) is 59.2 Å². The normalized spacial score (nSPS) is 16.4. The molecule has 0 bridgehead atoms. The number of ether oxygens (including phenoxy) is 1. The number of likely N-dealkylation sites (tertiary alicyclic amines) is 1. The molecule has 23 heavy (non-hydrogen) atoms. The largest absolute Gasteiger partial charge is 0.490 e. The van der Waals surface area contributed by atoms with Crippen LogP contribution in [0.3, 0.4) is 0 Å². The summed E-state index contributed by atoms with van der Waals surface area (Å²) in [5.41, 5.74) is 10.6. The maximum atomic E-state index is 6.13. The molecule has 3 nitrogen and oxygen atoms in total. The van der Waals surface area contributed by atoms with E-state index in [-0.39, 0.29) is 0 Å². The number of nitrogen functional groups attached to an aromatic ring is 1. The maximum Gasteiger partial charge on any atom is 0.120 e. The Morgan fingerprint density at radius 1 is 1.04 bits per heavy atom. The molecule has 0 spiro atoms. The number of piperidine rings is 1. The first-order valence-electron chi connectivity index (χ1n) is 8.41. The van der Waals surface area contributed by atoms with Gasteiger partial charge in [0.05, 0.1) is 0 Å². The molecule has 2 aromatic carbocycles. The molecule has 1 heterocycles. The van der Waals surface area contributed by atoms with Gasteiger partial charge in [-0.25, -0.2) is 0 Å². The van der Waals surface area contributed by atoms with Crippen molar-refractivity contribution in [3.63, 3.8) is 0 Å². The Kier molecular flexibility index (Phi) is 4.87. The summed E-state index contributed by atoms with van der Waals surface area (Å²) >= 11 is 0. The van der Waals surface area contributed by atoms with Gasteiger partial charge in [0.1, 0.15) is 11.9 Å². The SMILES string of the molecule is Cc1cc(OC2CCN(Cc3ccccc3C)CC2)ccc1N. The summed E-state index contributed by atoms with van der Waals surface area (Å²) in [6.07, 6.45) is 2.47. The van der Waals surface area contributed by atoms with Crippen molar-refractivity contribution in [2.24, 2.45) is 0 Å². The predicted octanol–water partition coefficient (Wildman–Crippen LogP) is 3.93. The third-order valence-electron chi connectivity index (χ3n) is 4.73. The molecule has 0 amide bonds. The van der Waals surface area contributed by atoms with Gasteiger partial charge in [-0.15, -0.1) is 0 Å². The highest BCUT2D eigenvalue weighted by atomic mass is 16.5. The van der Waals surface area contributed by atoms with E-state index in [9.17, 15) is 0 Å². The summed E-state index contributed by atoms with van der Waals surface area (Å²) in [5, 5.41) is 0. The first-order chi connectivity index (χ1) is 11.1. The molecule has 1 saturated heterocycles. The van der Waals surface area contributed by atoms with Gasteiger partial charge < -0.3 is 10.5 Å². The van der Waals surface area contributed by atoms with E-state index >= 15 is 0 Å². The number of benzene rings is 2. The van der Waals surface area contributed by atoms with Crippen molar-refractivity contribution in [1.82, 2.24) is 4.90 Å². The Morgan fingerprint density at radius 3 is 2.48 bits per heavy atom. The van der Waals surface area contributed by atoms with Crippen molar-refractivity contribution >= 4 is 5.69 Å². The minimum absolute atomic E-state index is 0.311. The zero-order valence-corrected chi connectivity index (χ0v) is 14.1. The number of rotatable bonds is 4. The van der Waals surface area contributed by atoms with Gasteiger partial charge in [0.25, 0.3) is 0 Å². The molecule has 1 aliphatic heterocycles. The van der Waals surface area contributed by atoms with Crippen molar-refractivity contribution in [1.29, 1.82) is 0 Å². The monoisotopic (exact) mass is 310 g/mol. The third kappa shape index (κ3) is 4.05. The predicted molar refractivity (Wildman–Crippen MR) is 95.7 cm³/mol. The second kappa shape index (κ2) is 7.05. The summed E-state index contributed by atoms with van der Waals surface area (Å²) in [7, 11) is 0. The molecule has 0 atom stereocenters. The van der Waals surface area contributed by atoms with E-state index in [1.807, 2.05) is 25.1 Å². The molecule has 0 saturated carbocycles. The summed E-state index contributed by atoms with van der Waals surface area (Å²) < 4.78 is 6.13. The van der Waals surface area contributed by atoms with Crippen LogP contribution in [-0.2, 0) is 6.54 Å². The fourth-order valence-electron chi connectivity index (χ4n) is 3.13. The van der Waals surface area contributed by atoms with Gasteiger partial charge in [0.15, 0.2) is 0 Å². The molecular formula is C20H26N2O. The van der Waals surface area contributed by atoms with Gasteiger partial charge in [0.2, 0.25) is 0 Å². The smallest absolute Gasteiger partial charge is 0.120 e. The molecule has 2 N–H and O–H groups in total. The van der Waals surface area contributed by atoms with Crippen LogP contribution in [0.1, 0.15) is 29.5 Å². The first kappa shape index (κ1) is 15.9. The fourth-order valence-corrected chi connectivity index (χ4v) is 3.13. The average molecular weight is 310 g/mol. The summed E-state index contributed by atoms with van der Waals surface area (Å²) in [4.78, 5) is 2.52.